The van der Waals surface area contributed by atoms with Gasteiger partial charge in [-0.05, 0) is 94.6 Å². The molecule has 0 saturated heterocycles. The van der Waals surface area contributed by atoms with E-state index in [0.29, 0.717) is 36.4 Å². The fourth-order valence-electron chi connectivity index (χ4n) is 9.50. The molecule has 0 aliphatic carbocycles. The van der Waals surface area contributed by atoms with Crippen LogP contribution in [0.2, 0.25) is 10.6 Å². The average Bonchev–Trinajstić information content (AvgIpc) is 0.762. The molecule has 8 aromatic carbocycles. The Kier molecular flexibility index (Phi) is 18.6. The lowest BCUT2D eigenvalue weighted by molar-refractivity contribution is 0.471. The topological polar surface area (TPSA) is 650 Å². The fourth-order valence-corrected chi connectivity index (χ4v) is 15.3. The first kappa shape index (κ1) is 71.5. The number of aromatic hydroxyl groups is 2. The molecule has 514 valence electrons. The fraction of sp³-hybridized carbons (Fsp3) is 0.0417. The molecule has 98 heavy (non-hydrogen) atoms. The Morgan fingerprint density at radius 1 is 0.357 bits per heavy atom. The molecule has 0 atom stereocenters. The Morgan fingerprint density at radius 2 is 0.694 bits per heavy atom. The van der Waals surface area contributed by atoms with E-state index in [0.717, 1.165) is 60.7 Å². The highest BCUT2D eigenvalue weighted by Crippen LogP contribution is 2.49. The van der Waals surface area contributed by atoms with Gasteiger partial charge in [-0.1, -0.05) is 36.4 Å². The number of nitrogens with one attached hydrogen (secondary N) is 4. The average molecular weight is 1550 g/mol. The summed E-state index contributed by atoms with van der Waals surface area (Å²) in [6.07, 6.45) is 0. The number of aromatic nitrogens is 6. The third kappa shape index (κ3) is 15.0. The maximum Gasteiger partial charge on any atom is 0.297 e. The second-order valence-corrected chi connectivity index (χ2v) is 31.4. The molecule has 0 unspecified atom stereocenters. The lowest BCUT2D eigenvalue weighted by Gasteiger charge is -2.16. The van der Waals surface area contributed by atoms with Crippen molar-refractivity contribution in [2.45, 2.75) is 39.2 Å². The van der Waals surface area contributed by atoms with Crippen LogP contribution in [0.25, 0.3) is 43.1 Å². The van der Waals surface area contributed by atoms with E-state index < -0.39 is 243 Å². The maximum atomic E-state index is 12.8. The Labute approximate surface area is 558 Å². The highest BCUT2D eigenvalue weighted by Gasteiger charge is 2.31. The summed E-state index contributed by atoms with van der Waals surface area (Å²) in [6, 6.07) is 12.7. The number of hydrogen-bond acceptors (Lipinski definition) is 32. The molecule has 10 rings (SSSR count). The Hall–Kier alpha value is -9.32. The SMILES string of the molecule is O=S(=O)(O)c1cc(Nc2nc(Cl)nc(NCCNc3nc(Cl)nc(Nc4cc(S(=O)(=O)O)cc5cc(S(=O)(=O)O)c(N=Nc6ccc7c(S(=O)(=O)O)cccc7c6S(=O)(=O)O)c(O)c45)n3)n2)c2c(O)c(N=Nc3ccc4c(S(=O)(=O)O)cccc4c3S(=O)(=O)O)c(S(=O)(=O)O)cc2c1. The van der Waals surface area contributed by atoms with E-state index in [1.165, 1.54) is 0 Å². The summed E-state index contributed by atoms with van der Waals surface area (Å²) in [5, 5.41) is 43.0. The minimum absolute atomic E-state index is 0.252. The second-order valence-electron chi connectivity index (χ2n) is 19.6. The molecule has 0 saturated carbocycles. The molecule has 0 spiro atoms. The van der Waals surface area contributed by atoms with Gasteiger partial charge in [0.15, 0.2) is 11.5 Å². The first-order valence-corrected chi connectivity index (χ1v) is 37.8. The molecule has 0 aliphatic rings. The van der Waals surface area contributed by atoms with Gasteiger partial charge in [-0.25, -0.2) is 0 Å². The normalized spacial score (nSPS) is 13.1. The van der Waals surface area contributed by atoms with Crippen LogP contribution in [0.1, 0.15) is 0 Å². The van der Waals surface area contributed by atoms with Crippen molar-refractivity contribution in [1.82, 2.24) is 29.9 Å². The van der Waals surface area contributed by atoms with Gasteiger partial charge < -0.3 is 31.5 Å². The first-order valence-electron chi connectivity index (χ1n) is 25.5. The molecular weight excluding hydrogens is 1520 g/mol. The zero-order valence-electron chi connectivity index (χ0n) is 47.1. The first-order chi connectivity index (χ1) is 45.3. The smallest absolute Gasteiger partial charge is 0.297 e. The molecule has 0 fully saturated rings. The number of phenolic OH excluding ortho intramolecular Hbond substituents is 2. The third-order valence-electron chi connectivity index (χ3n) is 13.3. The third-order valence-corrected chi connectivity index (χ3v) is 20.7. The number of hydrogen-bond donors (Lipinski definition) is 14. The summed E-state index contributed by atoms with van der Waals surface area (Å²) < 4.78 is 282. The number of benzene rings is 8. The van der Waals surface area contributed by atoms with Gasteiger partial charge in [0.2, 0.25) is 34.4 Å². The van der Waals surface area contributed by atoms with Crippen molar-refractivity contribution in [2.24, 2.45) is 20.5 Å². The van der Waals surface area contributed by atoms with E-state index in [9.17, 15) is 114 Å². The summed E-state index contributed by atoms with van der Waals surface area (Å²) in [4.78, 5) is 15.3. The van der Waals surface area contributed by atoms with Crippen LogP contribution in [0.15, 0.2) is 157 Å². The van der Waals surface area contributed by atoms with E-state index in [2.05, 4.69) is 71.6 Å². The van der Waals surface area contributed by atoms with Crippen LogP contribution in [0, 0.1) is 0 Å². The van der Waals surface area contributed by atoms with Gasteiger partial charge in [-0.3, -0.25) is 36.4 Å². The van der Waals surface area contributed by atoms with Crippen LogP contribution in [0.5, 0.6) is 11.5 Å². The van der Waals surface area contributed by atoms with Gasteiger partial charge >= 0.3 is 0 Å². The second kappa shape index (κ2) is 25.5. The van der Waals surface area contributed by atoms with E-state index in [-0.39, 0.29) is 13.1 Å². The van der Waals surface area contributed by atoms with E-state index in [1.54, 1.807) is 0 Å². The standard InChI is InChI=1S/C48H34Cl2N14O26S8/c49-43-55-45(59-47(57-43)53-29-17-21(91(67,68)69)13-19-15-33(95(79,80)81)37(39(65)35(19)29)63-61-27-9-7-23-25(41(27)97(85,86)87)3-1-5-31(23)93(73,74)75)51-11-12-52-46-56-44(50)58-48(60-46)54-30-18-22(92(70,71)72)14-20-16-34(96(82,83)84)38(40(66)36(20)30)64-62-28-10-8-24-26(42(28)98(88,89)90)4-2-6-32(24)94(76,77)78/h1-10,13-18,65-66H,11-12H2,(H,67,68,69)(H,70,71,72)(H,73,74,75)(H,76,77,78)(H,79,80,81)(H,82,83,84)(H,85,86,87)(H,88,89,90)(H2,51,53,55,57,59)(H2,52,54,56,58,60). The molecule has 10 aromatic rings. The van der Waals surface area contributed by atoms with Gasteiger partial charge in [0.1, 0.15) is 52.1 Å². The highest BCUT2D eigenvalue weighted by molar-refractivity contribution is 7.88. The number of phenols is 2. The van der Waals surface area contributed by atoms with Crippen molar-refractivity contribution in [2.75, 3.05) is 34.4 Å². The van der Waals surface area contributed by atoms with Gasteiger partial charge in [0, 0.05) is 45.4 Å². The molecule has 2 aromatic heterocycles. The summed E-state index contributed by atoms with van der Waals surface area (Å²) >= 11 is 12.4. The zero-order chi connectivity index (χ0) is 71.9. The van der Waals surface area contributed by atoms with Crippen LogP contribution < -0.4 is 21.3 Å². The Morgan fingerprint density at radius 3 is 1.01 bits per heavy atom. The largest absolute Gasteiger partial charge is 0.505 e. The number of rotatable bonds is 21. The highest BCUT2D eigenvalue weighted by atomic mass is 35.5. The van der Waals surface area contributed by atoms with Crippen molar-refractivity contribution < 1.29 is 114 Å². The zero-order valence-corrected chi connectivity index (χ0v) is 55.2. The molecule has 14 N–H and O–H groups in total. The van der Waals surface area contributed by atoms with Crippen LogP contribution in [-0.4, -0.2) is 157 Å². The van der Waals surface area contributed by atoms with Crippen LogP contribution in [0.3, 0.4) is 0 Å². The van der Waals surface area contributed by atoms with Gasteiger partial charge in [0.25, 0.3) is 80.9 Å². The van der Waals surface area contributed by atoms with Crippen LogP contribution >= 0.6 is 23.2 Å². The van der Waals surface area contributed by atoms with Gasteiger partial charge in [-0.2, -0.15) is 97.2 Å². The molecular formula is C48H34Cl2N14O26S8. The van der Waals surface area contributed by atoms with Crippen molar-refractivity contribution in [3.8, 4) is 11.5 Å². The number of nitrogens with zero attached hydrogens (tertiary/aromatic N) is 10. The lowest BCUT2D eigenvalue weighted by atomic mass is 10.1. The van der Waals surface area contributed by atoms with Crippen molar-refractivity contribution >= 4 is 205 Å². The van der Waals surface area contributed by atoms with Gasteiger partial charge in [-0.15, -0.1) is 20.5 Å². The Bertz CT molecular complexity index is 5830. The number of anilines is 6. The predicted octanol–water partition coefficient (Wildman–Crippen LogP) is 7.20. The quantitative estimate of drug-likeness (QED) is 0.0192. The Balaban J connectivity index is 0.951. The van der Waals surface area contributed by atoms with Crippen LogP contribution in [-0.2, 0) is 80.9 Å². The molecule has 0 aliphatic heterocycles. The predicted molar refractivity (Wildman–Crippen MR) is 339 cm³/mol. The molecule has 0 radical (unpaired) electrons. The van der Waals surface area contributed by atoms with Crippen molar-refractivity contribution in [3.05, 3.63) is 108 Å². The van der Waals surface area contributed by atoms with Crippen molar-refractivity contribution in [1.29, 1.82) is 0 Å². The maximum absolute atomic E-state index is 12.8. The van der Waals surface area contributed by atoms with Gasteiger partial charge in [0.05, 0.1) is 21.2 Å². The number of fused-ring (bicyclic) bond motifs is 4. The lowest BCUT2D eigenvalue weighted by Crippen LogP contribution is -2.17. The monoisotopic (exact) mass is 1550 g/mol. The van der Waals surface area contributed by atoms with Crippen LogP contribution in [0.4, 0.5) is 57.9 Å². The van der Waals surface area contributed by atoms with E-state index in [4.69, 9.17) is 23.2 Å². The minimum Gasteiger partial charge on any atom is -0.505 e. The molecule has 2 heterocycles. The van der Waals surface area contributed by atoms with E-state index >= 15 is 0 Å². The molecule has 0 bridgehead atoms. The summed E-state index contributed by atoms with van der Waals surface area (Å²) in [5.74, 6) is -4.56. The van der Waals surface area contributed by atoms with Crippen molar-refractivity contribution in [3.63, 3.8) is 0 Å². The molecule has 50 heteroatoms. The summed E-state index contributed by atoms with van der Waals surface area (Å²) in [5.41, 5.74) is -5.31. The summed E-state index contributed by atoms with van der Waals surface area (Å²) in [7, 11) is -42.5. The minimum atomic E-state index is -5.55. The number of azo groups is 2. The number of halogens is 2. The summed E-state index contributed by atoms with van der Waals surface area (Å²) in [6.45, 7) is -0.505. The van der Waals surface area contributed by atoms with E-state index in [1.807, 2.05) is 0 Å². The molecule has 0 amide bonds. The molecule has 40 nitrogen and oxygen atoms in total.